The van der Waals surface area contributed by atoms with Gasteiger partial charge in [-0.2, -0.15) is 0 Å². The average Bonchev–Trinajstić information content (AvgIpc) is 2.58. The second-order valence-electron chi connectivity index (χ2n) is 5.23. The van der Waals surface area contributed by atoms with E-state index >= 15 is 0 Å². The number of methoxy groups -OCH3 is 1. The normalized spacial score (nSPS) is 11.5. The maximum Gasteiger partial charge on any atom is 0.251 e. The zero-order valence-electron chi connectivity index (χ0n) is 14.5. The van der Waals surface area contributed by atoms with Gasteiger partial charge in [0, 0.05) is 25.2 Å². The SMILES string of the molecule is CCN(CC)CCNS(=O)(=O)CCNC(=O)c1cccc(OC)c1. The molecule has 0 fully saturated rings. The number of hydrogen-bond donors (Lipinski definition) is 2. The van der Waals surface area contributed by atoms with Crippen molar-refractivity contribution >= 4 is 15.9 Å². The van der Waals surface area contributed by atoms with Crippen LogP contribution in [-0.4, -0.2) is 64.8 Å². The highest BCUT2D eigenvalue weighted by atomic mass is 32.2. The van der Waals surface area contributed by atoms with Crippen LogP contribution in [-0.2, 0) is 10.0 Å². The number of hydrogen-bond acceptors (Lipinski definition) is 5. The minimum atomic E-state index is -3.40. The van der Waals surface area contributed by atoms with Crippen LogP contribution >= 0.6 is 0 Å². The lowest BCUT2D eigenvalue weighted by Crippen LogP contribution is -2.38. The molecule has 2 N–H and O–H groups in total. The van der Waals surface area contributed by atoms with Gasteiger partial charge < -0.3 is 15.0 Å². The number of benzene rings is 1. The van der Waals surface area contributed by atoms with Gasteiger partial charge in [-0.05, 0) is 31.3 Å². The predicted molar refractivity (Wildman–Crippen MR) is 94.9 cm³/mol. The summed E-state index contributed by atoms with van der Waals surface area (Å²) < 4.78 is 31.4. The molecule has 0 aliphatic heterocycles. The molecular weight excluding hydrogens is 330 g/mol. The molecule has 24 heavy (non-hydrogen) atoms. The Hall–Kier alpha value is -1.64. The first kappa shape index (κ1) is 20.4. The van der Waals surface area contributed by atoms with Gasteiger partial charge in [-0.25, -0.2) is 13.1 Å². The molecule has 1 amide bonds. The van der Waals surface area contributed by atoms with Crippen molar-refractivity contribution in [3.05, 3.63) is 29.8 Å². The lowest BCUT2D eigenvalue weighted by Gasteiger charge is -2.18. The number of rotatable bonds is 11. The topological polar surface area (TPSA) is 87.7 Å². The summed E-state index contributed by atoms with van der Waals surface area (Å²) in [5, 5.41) is 2.60. The molecule has 0 aromatic heterocycles. The van der Waals surface area contributed by atoms with Crippen LogP contribution in [0, 0.1) is 0 Å². The second-order valence-corrected chi connectivity index (χ2v) is 7.15. The quantitative estimate of drug-likeness (QED) is 0.608. The van der Waals surface area contributed by atoms with Crippen LogP contribution in [0.5, 0.6) is 5.75 Å². The lowest BCUT2D eigenvalue weighted by molar-refractivity contribution is 0.0955. The van der Waals surface area contributed by atoms with Gasteiger partial charge in [0.05, 0.1) is 12.9 Å². The number of carbonyl (C=O) groups is 1. The lowest BCUT2D eigenvalue weighted by atomic mass is 10.2. The summed E-state index contributed by atoms with van der Waals surface area (Å²) in [4.78, 5) is 14.1. The maximum absolute atomic E-state index is 12.0. The van der Waals surface area contributed by atoms with Crippen molar-refractivity contribution < 1.29 is 17.9 Å². The first-order chi connectivity index (χ1) is 11.4. The van der Waals surface area contributed by atoms with Crippen LogP contribution < -0.4 is 14.8 Å². The minimum Gasteiger partial charge on any atom is -0.497 e. The molecule has 0 aliphatic rings. The van der Waals surface area contributed by atoms with Crippen molar-refractivity contribution in [3.8, 4) is 5.75 Å². The smallest absolute Gasteiger partial charge is 0.251 e. The Morgan fingerprint density at radius 2 is 1.92 bits per heavy atom. The molecule has 1 rings (SSSR count). The molecule has 1 aromatic rings. The molecule has 136 valence electrons. The van der Waals surface area contributed by atoms with E-state index in [9.17, 15) is 13.2 Å². The minimum absolute atomic E-state index is 0.0522. The maximum atomic E-state index is 12.0. The zero-order chi connectivity index (χ0) is 18.0. The average molecular weight is 357 g/mol. The van der Waals surface area contributed by atoms with E-state index in [1.54, 1.807) is 24.3 Å². The first-order valence-electron chi connectivity index (χ1n) is 8.03. The zero-order valence-corrected chi connectivity index (χ0v) is 15.4. The fraction of sp³-hybridized carbons (Fsp3) is 0.562. The van der Waals surface area contributed by atoms with E-state index in [0.29, 0.717) is 24.4 Å². The van der Waals surface area contributed by atoms with Gasteiger partial charge in [-0.3, -0.25) is 4.79 Å². The van der Waals surface area contributed by atoms with Crippen LogP contribution in [0.25, 0.3) is 0 Å². The Morgan fingerprint density at radius 1 is 1.21 bits per heavy atom. The van der Waals surface area contributed by atoms with E-state index in [0.717, 1.165) is 13.1 Å². The van der Waals surface area contributed by atoms with Gasteiger partial charge in [0.1, 0.15) is 5.75 Å². The molecular formula is C16H27N3O4S. The fourth-order valence-corrected chi connectivity index (χ4v) is 3.05. The number of ether oxygens (including phenoxy) is 1. The van der Waals surface area contributed by atoms with E-state index in [4.69, 9.17) is 4.74 Å². The molecule has 0 saturated heterocycles. The molecule has 0 spiro atoms. The number of sulfonamides is 1. The molecule has 1 aromatic carbocycles. The van der Waals surface area contributed by atoms with E-state index < -0.39 is 10.0 Å². The number of carbonyl (C=O) groups excluding carboxylic acids is 1. The summed E-state index contributed by atoms with van der Waals surface area (Å²) in [5.41, 5.74) is 0.432. The number of nitrogens with one attached hydrogen (secondary N) is 2. The Bertz CT molecular complexity index is 616. The highest BCUT2D eigenvalue weighted by Crippen LogP contribution is 2.12. The van der Waals surface area contributed by atoms with Crippen LogP contribution in [0.3, 0.4) is 0 Å². The highest BCUT2D eigenvalue weighted by Gasteiger charge is 2.12. The number of likely N-dealkylation sites (N-methyl/N-ethyl adjacent to an activating group) is 1. The van der Waals surface area contributed by atoms with Gasteiger partial charge in [-0.15, -0.1) is 0 Å². The molecule has 0 heterocycles. The molecule has 0 bridgehead atoms. The molecule has 0 atom stereocenters. The molecule has 0 unspecified atom stereocenters. The van der Waals surface area contributed by atoms with Crippen LogP contribution in [0.1, 0.15) is 24.2 Å². The fourth-order valence-electron chi connectivity index (χ4n) is 2.14. The van der Waals surface area contributed by atoms with E-state index in [-0.39, 0.29) is 18.2 Å². The summed E-state index contributed by atoms with van der Waals surface area (Å²) in [6.07, 6.45) is 0. The second kappa shape index (κ2) is 10.3. The Labute approximate surface area is 144 Å². The summed E-state index contributed by atoms with van der Waals surface area (Å²) in [7, 11) is -1.88. The number of amides is 1. The molecule has 7 nitrogen and oxygen atoms in total. The van der Waals surface area contributed by atoms with Crippen LogP contribution in [0.15, 0.2) is 24.3 Å². The largest absolute Gasteiger partial charge is 0.497 e. The third-order valence-electron chi connectivity index (χ3n) is 3.63. The van der Waals surface area contributed by atoms with Gasteiger partial charge in [0.25, 0.3) is 5.91 Å². The molecule has 0 aliphatic carbocycles. The van der Waals surface area contributed by atoms with Crippen LogP contribution in [0.2, 0.25) is 0 Å². The van der Waals surface area contributed by atoms with E-state index in [1.807, 2.05) is 13.8 Å². The van der Waals surface area contributed by atoms with Crippen molar-refractivity contribution in [2.75, 3.05) is 45.6 Å². The predicted octanol–water partition coefficient (Wildman–Crippen LogP) is 0.686. The molecule has 0 radical (unpaired) electrons. The summed E-state index contributed by atoms with van der Waals surface area (Å²) in [6.45, 7) is 6.93. The summed E-state index contributed by atoms with van der Waals surface area (Å²) >= 11 is 0. The summed E-state index contributed by atoms with van der Waals surface area (Å²) in [6, 6.07) is 6.70. The standard InChI is InChI=1S/C16H27N3O4S/c1-4-19(5-2)11-9-18-24(21,22)12-10-17-16(20)14-7-6-8-15(13-14)23-3/h6-8,13,18H,4-5,9-12H2,1-3H3,(H,17,20). The highest BCUT2D eigenvalue weighted by molar-refractivity contribution is 7.89. The number of nitrogens with zero attached hydrogens (tertiary/aromatic N) is 1. The Kier molecular flexibility index (Phi) is 8.73. The van der Waals surface area contributed by atoms with Gasteiger partial charge >= 0.3 is 0 Å². The molecule has 0 saturated carbocycles. The monoisotopic (exact) mass is 357 g/mol. The third kappa shape index (κ3) is 7.29. The Balaban J connectivity index is 2.38. The van der Waals surface area contributed by atoms with Crippen molar-refractivity contribution in [2.45, 2.75) is 13.8 Å². The van der Waals surface area contributed by atoms with Gasteiger partial charge in [0.2, 0.25) is 10.0 Å². The Morgan fingerprint density at radius 3 is 2.54 bits per heavy atom. The van der Waals surface area contributed by atoms with Crippen molar-refractivity contribution in [2.24, 2.45) is 0 Å². The summed E-state index contributed by atoms with van der Waals surface area (Å²) in [5.74, 6) is 0.0987. The first-order valence-corrected chi connectivity index (χ1v) is 9.69. The third-order valence-corrected chi connectivity index (χ3v) is 5.02. The van der Waals surface area contributed by atoms with E-state index in [1.165, 1.54) is 7.11 Å². The molecule has 8 heteroatoms. The van der Waals surface area contributed by atoms with Gasteiger partial charge in [-0.1, -0.05) is 19.9 Å². The van der Waals surface area contributed by atoms with Crippen molar-refractivity contribution in [1.29, 1.82) is 0 Å². The van der Waals surface area contributed by atoms with E-state index in [2.05, 4.69) is 14.9 Å². The van der Waals surface area contributed by atoms with Crippen molar-refractivity contribution in [1.82, 2.24) is 14.9 Å². The van der Waals surface area contributed by atoms with Crippen LogP contribution in [0.4, 0.5) is 0 Å². The van der Waals surface area contributed by atoms with Gasteiger partial charge in [0.15, 0.2) is 0 Å². The van der Waals surface area contributed by atoms with Crippen molar-refractivity contribution in [3.63, 3.8) is 0 Å².